The standard InChI is InChI=1S/C14H18ClNO2/c1-10-5-7-16(8-6-10)14(17)12-9-11(15)3-4-13(12)18-2/h3-4,9-10H,5-8H2,1-2H3. The van der Waals surface area contributed by atoms with Crippen LogP contribution in [0.1, 0.15) is 30.1 Å². The quantitative estimate of drug-likeness (QED) is 0.823. The van der Waals surface area contributed by atoms with Crippen LogP contribution in [0.2, 0.25) is 5.02 Å². The van der Waals surface area contributed by atoms with Crippen LogP contribution in [-0.4, -0.2) is 31.0 Å². The zero-order valence-electron chi connectivity index (χ0n) is 10.8. The van der Waals surface area contributed by atoms with Gasteiger partial charge in [-0.15, -0.1) is 0 Å². The molecular formula is C14H18ClNO2. The van der Waals surface area contributed by atoms with Gasteiger partial charge < -0.3 is 9.64 Å². The molecule has 18 heavy (non-hydrogen) atoms. The van der Waals surface area contributed by atoms with E-state index < -0.39 is 0 Å². The number of amides is 1. The Labute approximate surface area is 113 Å². The van der Waals surface area contributed by atoms with E-state index in [4.69, 9.17) is 16.3 Å². The van der Waals surface area contributed by atoms with Gasteiger partial charge in [-0.2, -0.15) is 0 Å². The number of benzene rings is 1. The van der Waals surface area contributed by atoms with E-state index in [1.807, 2.05) is 4.90 Å². The zero-order valence-corrected chi connectivity index (χ0v) is 11.5. The van der Waals surface area contributed by atoms with Crippen molar-refractivity contribution < 1.29 is 9.53 Å². The molecule has 98 valence electrons. The van der Waals surface area contributed by atoms with Crippen molar-refractivity contribution in [3.05, 3.63) is 28.8 Å². The summed E-state index contributed by atoms with van der Waals surface area (Å²) in [6, 6.07) is 5.15. The maximum absolute atomic E-state index is 12.4. The van der Waals surface area contributed by atoms with Crippen molar-refractivity contribution in [3.8, 4) is 5.75 Å². The molecule has 3 nitrogen and oxygen atoms in total. The Bertz CT molecular complexity index is 439. The van der Waals surface area contributed by atoms with Gasteiger partial charge in [0.2, 0.25) is 0 Å². The van der Waals surface area contributed by atoms with E-state index in [0.717, 1.165) is 25.9 Å². The molecule has 0 atom stereocenters. The first kappa shape index (κ1) is 13.2. The lowest BCUT2D eigenvalue weighted by Crippen LogP contribution is -2.38. The zero-order chi connectivity index (χ0) is 13.1. The molecule has 0 radical (unpaired) electrons. The van der Waals surface area contributed by atoms with Crippen molar-refractivity contribution in [1.29, 1.82) is 0 Å². The Morgan fingerprint density at radius 1 is 1.39 bits per heavy atom. The summed E-state index contributed by atoms with van der Waals surface area (Å²) in [5.41, 5.74) is 0.555. The molecule has 1 aromatic carbocycles. The number of rotatable bonds is 2. The number of halogens is 1. The largest absolute Gasteiger partial charge is 0.496 e. The minimum Gasteiger partial charge on any atom is -0.496 e. The molecule has 0 aliphatic carbocycles. The number of hydrogen-bond acceptors (Lipinski definition) is 2. The number of nitrogens with zero attached hydrogens (tertiary/aromatic N) is 1. The minimum absolute atomic E-state index is 0.0150. The number of methoxy groups -OCH3 is 1. The van der Waals surface area contributed by atoms with Crippen molar-refractivity contribution in [2.45, 2.75) is 19.8 Å². The third-order valence-electron chi connectivity index (χ3n) is 3.46. The Balaban J connectivity index is 2.20. The fourth-order valence-corrected chi connectivity index (χ4v) is 2.40. The van der Waals surface area contributed by atoms with E-state index in [9.17, 15) is 4.79 Å². The Kier molecular flexibility index (Phi) is 4.12. The second-order valence-electron chi connectivity index (χ2n) is 4.82. The van der Waals surface area contributed by atoms with Crippen LogP contribution in [0.15, 0.2) is 18.2 Å². The average Bonchev–Trinajstić information content (AvgIpc) is 2.39. The first-order valence-corrected chi connectivity index (χ1v) is 6.62. The topological polar surface area (TPSA) is 29.5 Å². The van der Waals surface area contributed by atoms with Crippen LogP contribution in [0, 0.1) is 5.92 Å². The fraction of sp³-hybridized carbons (Fsp3) is 0.500. The summed E-state index contributed by atoms with van der Waals surface area (Å²) in [7, 11) is 1.57. The van der Waals surface area contributed by atoms with Crippen molar-refractivity contribution in [1.82, 2.24) is 4.90 Å². The van der Waals surface area contributed by atoms with Gasteiger partial charge in [0.05, 0.1) is 12.7 Å². The van der Waals surface area contributed by atoms with E-state index in [1.165, 1.54) is 0 Å². The monoisotopic (exact) mass is 267 g/mol. The second kappa shape index (κ2) is 5.61. The third-order valence-corrected chi connectivity index (χ3v) is 3.70. The number of hydrogen-bond donors (Lipinski definition) is 0. The smallest absolute Gasteiger partial charge is 0.257 e. The molecular weight excluding hydrogens is 250 g/mol. The summed E-state index contributed by atoms with van der Waals surface area (Å²) in [5, 5.41) is 0.560. The lowest BCUT2D eigenvalue weighted by molar-refractivity contribution is 0.0694. The lowest BCUT2D eigenvalue weighted by atomic mass is 9.98. The highest BCUT2D eigenvalue weighted by Gasteiger charge is 2.23. The van der Waals surface area contributed by atoms with E-state index in [0.29, 0.717) is 22.3 Å². The lowest BCUT2D eigenvalue weighted by Gasteiger charge is -2.30. The van der Waals surface area contributed by atoms with Crippen LogP contribution in [0.4, 0.5) is 0 Å². The molecule has 1 aliphatic rings. The summed E-state index contributed by atoms with van der Waals surface area (Å²) >= 11 is 5.95. The van der Waals surface area contributed by atoms with Crippen LogP contribution in [-0.2, 0) is 0 Å². The SMILES string of the molecule is COc1ccc(Cl)cc1C(=O)N1CCC(C)CC1. The summed E-state index contributed by atoms with van der Waals surface area (Å²) in [4.78, 5) is 14.3. The van der Waals surface area contributed by atoms with Crippen LogP contribution in [0.3, 0.4) is 0 Å². The maximum Gasteiger partial charge on any atom is 0.257 e. The molecule has 1 heterocycles. The first-order valence-electron chi connectivity index (χ1n) is 6.24. The molecule has 0 saturated carbocycles. The Morgan fingerprint density at radius 2 is 2.06 bits per heavy atom. The Hall–Kier alpha value is -1.22. The van der Waals surface area contributed by atoms with Gasteiger partial charge in [-0.05, 0) is 37.0 Å². The second-order valence-corrected chi connectivity index (χ2v) is 5.26. The van der Waals surface area contributed by atoms with E-state index in [2.05, 4.69) is 6.92 Å². The fourth-order valence-electron chi connectivity index (χ4n) is 2.23. The first-order chi connectivity index (χ1) is 8.61. The van der Waals surface area contributed by atoms with Crippen LogP contribution in [0.25, 0.3) is 0 Å². The Morgan fingerprint density at radius 3 is 2.67 bits per heavy atom. The van der Waals surface area contributed by atoms with Gasteiger partial charge in [-0.1, -0.05) is 18.5 Å². The van der Waals surface area contributed by atoms with Crippen LogP contribution in [0.5, 0.6) is 5.75 Å². The molecule has 0 aromatic heterocycles. The molecule has 0 unspecified atom stereocenters. The number of carbonyl (C=O) groups is 1. The van der Waals surface area contributed by atoms with Gasteiger partial charge in [-0.25, -0.2) is 0 Å². The molecule has 1 fully saturated rings. The number of likely N-dealkylation sites (tertiary alicyclic amines) is 1. The van der Waals surface area contributed by atoms with Crippen LogP contribution >= 0.6 is 11.6 Å². The number of ether oxygens (including phenoxy) is 1. The summed E-state index contributed by atoms with van der Waals surface area (Å²) in [5.74, 6) is 1.31. The molecule has 1 amide bonds. The molecule has 0 N–H and O–H groups in total. The molecule has 1 aromatic rings. The molecule has 0 bridgehead atoms. The third kappa shape index (κ3) is 2.78. The number of piperidine rings is 1. The number of carbonyl (C=O) groups excluding carboxylic acids is 1. The van der Waals surface area contributed by atoms with E-state index in [1.54, 1.807) is 25.3 Å². The van der Waals surface area contributed by atoms with Gasteiger partial charge in [0.1, 0.15) is 5.75 Å². The molecule has 1 aliphatic heterocycles. The van der Waals surface area contributed by atoms with Crippen molar-refractivity contribution in [3.63, 3.8) is 0 Å². The van der Waals surface area contributed by atoms with Gasteiger partial charge in [-0.3, -0.25) is 4.79 Å². The van der Waals surface area contributed by atoms with Gasteiger partial charge >= 0.3 is 0 Å². The molecule has 2 rings (SSSR count). The highest BCUT2D eigenvalue weighted by Crippen LogP contribution is 2.26. The predicted molar refractivity (Wildman–Crippen MR) is 72.3 cm³/mol. The van der Waals surface area contributed by atoms with Gasteiger partial charge in [0, 0.05) is 18.1 Å². The van der Waals surface area contributed by atoms with E-state index >= 15 is 0 Å². The summed E-state index contributed by atoms with van der Waals surface area (Å²) in [6.45, 7) is 3.85. The normalized spacial score (nSPS) is 16.7. The van der Waals surface area contributed by atoms with Crippen LogP contribution < -0.4 is 4.74 Å². The van der Waals surface area contributed by atoms with Crippen molar-refractivity contribution >= 4 is 17.5 Å². The highest BCUT2D eigenvalue weighted by molar-refractivity contribution is 6.31. The van der Waals surface area contributed by atoms with Gasteiger partial charge in [0.15, 0.2) is 0 Å². The molecule has 1 saturated heterocycles. The average molecular weight is 268 g/mol. The summed E-state index contributed by atoms with van der Waals surface area (Å²) < 4.78 is 5.23. The van der Waals surface area contributed by atoms with Gasteiger partial charge in [0.25, 0.3) is 5.91 Å². The minimum atomic E-state index is 0.0150. The van der Waals surface area contributed by atoms with E-state index in [-0.39, 0.29) is 5.91 Å². The summed E-state index contributed by atoms with van der Waals surface area (Å²) in [6.07, 6.45) is 2.13. The van der Waals surface area contributed by atoms with Crippen molar-refractivity contribution in [2.75, 3.05) is 20.2 Å². The molecule has 0 spiro atoms. The maximum atomic E-state index is 12.4. The van der Waals surface area contributed by atoms with Crippen molar-refractivity contribution in [2.24, 2.45) is 5.92 Å². The predicted octanol–water partition coefficient (Wildman–Crippen LogP) is 3.22. The molecule has 4 heteroatoms. The highest BCUT2D eigenvalue weighted by atomic mass is 35.5.